The molecule has 17 heavy (non-hydrogen) atoms. The van der Waals surface area contributed by atoms with Crippen LogP contribution in [0.15, 0.2) is 24.3 Å². The average molecular weight is 240 g/mol. The third-order valence-electron chi connectivity index (χ3n) is 2.24. The van der Waals surface area contributed by atoms with E-state index in [-0.39, 0.29) is 11.5 Å². The van der Waals surface area contributed by atoms with Crippen LogP contribution in [0.4, 0.5) is 0 Å². The molecular formula is C12H16O5. The summed E-state index contributed by atoms with van der Waals surface area (Å²) in [4.78, 5) is 0. The molecule has 0 aliphatic carbocycles. The highest BCUT2D eigenvalue weighted by Crippen LogP contribution is 2.15. The van der Waals surface area contributed by atoms with Crippen molar-refractivity contribution in [2.45, 2.75) is 12.2 Å². The molecule has 94 valence electrons. The smallest absolute Gasteiger partial charge is 0.119 e. The molecule has 3 rings (SSSR count). The lowest BCUT2D eigenvalue weighted by atomic mass is 10.3. The molecule has 0 aromatic heterocycles. The van der Waals surface area contributed by atoms with E-state index in [1.54, 1.807) is 6.07 Å². The van der Waals surface area contributed by atoms with E-state index >= 15 is 0 Å². The average Bonchev–Trinajstić information content (AvgIpc) is 3.13. The molecule has 2 unspecified atom stereocenters. The van der Waals surface area contributed by atoms with E-state index in [4.69, 9.17) is 24.4 Å². The van der Waals surface area contributed by atoms with Crippen molar-refractivity contribution in [2.75, 3.05) is 26.4 Å². The summed E-state index contributed by atoms with van der Waals surface area (Å²) in [5.41, 5.74) is 0. The van der Waals surface area contributed by atoms with Gasteiger partial charge in [-0.05, 0) is 12.1 Å². The molecule has 2 aliphatic heterocycles. The molecule has 0 spiro atoms. The largest absolute Gasteiger partial charge is 0.508 e. The second kappa shape index (κ2) is 5.86. The third-order valence-corrected chi connectivity index (χ3v) is 2.24. The fourth-order valence-corrected chi connectivity index (χ4v) is 1.15. The number of benzene rings is 1. The van der Waals surface area contributed by atoms with Gasteiger partial charge in [0.2, 0.25) is 0 Å². The number of hydrogen-bond donors (Lipinski definition) is 2. The van der Waals surface area contributed by atoms with Crippen LogP contribution in [0.2, 0.25) is 0 Å². The van der Waals surface area contributed by atoms with Crippen molar-refractivity contribution in [3.63, 3.8) is 0 Å². The Hall–Kier alpha value is -1.30. The lowest BCUT2D eigenvalue weighted by molar-refractivity contribution is 0.102. The lowest BCUT2D eigenvalue weighted by Gasteiger charge is -1.95. The molecule has 2 aliphatic rings. The summed E-state index contributed by atoms with van der Waals surface area (Å²) >= 11 is 0. The van der Waals surface area contributed by atoms with Gasteiger partial charge in [0, 0.05) is 6.07 Å². The molecule has 1 aromatic carbocycles. The lowest BCUT2D eigenvalue weighted by Crippen LogP contribution is -2.06. The molecule has 0 radical (unpaired) electrons. The van der Waals surface area contributed by atoms with Crippen LogP contribution in [0, 0.1) is 0 Å². The SMILES string of the molecule is C(OCC1CO1)C1CO1.Oc1cccc(O)c1. The van der Waals surface area contributed by atoms with Crippen LogP contribution in [0.3, 0.4) is 0 Å². The van der Waals surface area contributed by atoms with Crippen molar-refractivity contribution in [1.82, 2.24) is 0 Å². The Morgan fingerprint density at radius 2 is 1.53 bits per heavy atom. The fraction of sp³-hybridized carbons (Fsp3) is 0.500. The summed E-state index contributed by atoms with van der Waals surface area (Å²) in [5, 5.41) is 17.3. The summed E-state index contributed by atoms with van der Waals surface area (Å²) in [6.07, 6.45) is 0.785. The van der Waals surface area contributed by atoms with Gasteiger partial charge in [-0.15, -0.1) is 0 Å². The van der Waals surface area contributed by atoms with Gasteiger partial charge in [0.15, 0.2) is 0 Å². The van der Waals surface area contributed by atoms with Gasteiger partial charge in [-0.25, -0.2) is 0 Å². The zero-order valence-electron chi connectivity index (χ0n) is 9.41. The monoisotopic (exact) mass is 240 g/mol. The van der Waals surface area contributed by atoms with Gasteiger partial charge >= 0.3 is 0 Å². The maximum absolute atomic E-state index is 8.65. The van der Waals surface area contributed by atoms with E-state index in [0.717, 1.165) is 26.4 Å². The predicted molar refractivity (Wildman–Crippen MR) is 60.1 cm³/mol. The second-order valence-corrected chi connectivity index (χ2v) is 3.97. The van der Waals surface area contributed by atoms with E-state index < -0.39 is 0 Å². The molecule has 5 nitrogen and oxygen atoms in total. The van der Waals surface area contributed by atoms with E-state index in [1.165, 1.54) is 18.2 Å². The summed E-state index contributed by atoms with van der Waals surface area (Å²) in [5.74, 6) is 0.176. The first-order chi connectivity index (χ1) is 8.24. The molecule has 2 N–H and O–H groups in total. The van der Waals surface area contributed by atoms with E-state index in [9.17, 15) is 0 Å². The Morgan fingerprint density at radius 1 is 1.06 bits per heavy atom. The first-order valence-electron chi connectivity index (χ1n) is 5.53. The topological polar surface area (TPSA) is 74.8 Å². The van der Waals surface area contributed by atoms with Gasteiger partial charge in [-0.1, -0.05) is 6.07 Å². The summed E-state index contributed by atoms with van der Waals surface area (Å²) in [7, 11) is 0. The molecular weight excluding hydrogens is 224 g/mol. The number of aromatic hydroxyl groups is 2. The van der Waals surface area contributed by atoms with Crippen molar-refractivity contribution in [3.8, 4) is 11.5 Å². The maximum atomic E-state index is 8.65. The number of phenols is 2. The van der Waals surface area contributed by atoms with Crippen LogP contribution in [0.25, 0.3) is 0 Å². The first-order valence-corrected chi connectivity index (χ1v) is 5.53. The number of hydrogen-bond acceptors (Lipinski definition) is 5. The zero-order valence-corrected chi connectivity index (χ0v) is 9.41. The van der Waals surface area contributed by atoms with Gasteiger partial charge in [-0.2, -0.15) is 0 Å². The van der Waals surface area contributed by atoms with Crippen molar-refractivity contribution >= 4 is 0 Å². The molecule has 0 amide bonds. The molecule has 2 heterocycles. The minimum atomic E-state index is 0.0880. The Bertz CT molecular complexity index is 317. The number of ether oxygens (including phenoxy) is 3. The molecule has 2 atom stereocenters. The zero-order chi connectivity index (χ0) is 12.1. The summed E-state index contributed by atoms with van der Waals surface area (Å²) in [6.45, 7) is 3.26. The van der Waals surface area contributed by atoms with E-state index in [0.29, 0.717) is 12.2 Å². The number of rotatable bonds is 4. The minimum Gasteiger partial charge on any atom is -0.508 e. The first kappa shape index (κ1) is 12.2. The number of phenolic OH excluding ortho intramolecular Hbond substituents is 2. The maximum Gasteiger partial charge on any atom is 0.119 e. The van der Waals surface area contributed by atoms with Crippen LogP contribution in [0.1, 0.15) is 0 Å². The van der Waals surface area contributed by atoms with Gasteiger partial charge in [0.25, 0.3) is 0 Å². The van der Waals surface area contributed by atoms with E-state index in [1.807, 2.05) is 0 Å². The third kappa shape index (κ3) is 5.53. The Balaban J connectivity index is 0.000000128. The van der Waals surface area contributed by atoms with Crippen molar-refractivity contribution in [2.24, 2.45) is 0 Å². The van der Waals surface area contributed by atoms with Crippen molar-refractivity contribution in [1.29, 1.82) is 0 Å². The van der Waals surface area contributed by atoms with Crippen LogP contribution < -0.4 is 0 Å². The minimum absolute atomic E-state index is 0.0880. The number of epoxide rings is 2. The fourth-order valence-electron chi connectivity index (χ4n) is 1.15. The molecule has 2 fully saturated rings. The van der Waals surface area contributed by atoms with Gasteiger partial charge in [0.05, 0.1) is 26.4 Å². The van der Waals surface area contributed by atoms with Crippen molar-refractivity contribution in [3.05, 3.63) is 24.3 Å². The van der Waals surface area contributed by atoms with Gasteiger partial charge < -0.3 is 24.4 Å². The van der Waals surface area contributed by atoms with Crippen LogP contribution in [-0.2, 0) is 14.2 Å². The highest BCUT2D eigenvalue weighted by Gasteiger charge is 2.26. The normalized spacial score (nSPS) is 24.7. The predicted octanol–water partition coefficient (Wildman–Crippen LogP) is 0.898. The van der Waals surface area contributed by atoms with Crippen LogP contribution in [-0.4, -0.2) is 48.8 Å². The molecule has 2 saturated heterocycles. The van der Waals surface area contributed by atoms with Gasteiger partial charge in [0.1, 0.15) is 23.7 Å². The Morgan fingerprint density at radius 3 is 1.82 bits per heavy atom. The molecule has 5 heteroatoms. The van der Waals surface area contributed by atoms with Gasteiger partial charge in [-0.3, -0.25) is 0 Å². The summed E-state index contributed by atoms with van der Waals surface area (Å²) < 4.78 is 15.1. The Labute approximate surface area is 99.5 Å². The van der Waals surface area contributed by atoms with Crippen LogP contribution in [0.5, 0.6) is 11.5 Å². The summed E-state index contributed by atoms with van der Waals surface area (Å²) in [6, 6.07) is 5.85. The Kier molecular flexibility index (Phi) is 4.19. The quantitative estimate of drug-likeness (QED) is 0.765. The molecule has 0 bridgehead atoms. The highest BCUT2D eigenvalue weighted by atomic mass is 16.6. The molecule has 1 aromatic rings. The molecule has 0 saturated carbocycles. The van der Waals surface area contributed by atoms with Crippen LogP contribution >= 0.6 is 0 Å². The van der Waals surface area contributed by atoms with Crippen molar-refractivity contribution < 1.29 is 24.4 Å². The second-order valence-electron chi connectivity index (χ2n) is 3.97. The van der Waals surface area contributed by atoms with E-state index in [2.05, 4.69) is 0 Å². The standard InChI is InChI=1S/C6H10O3.C6H6O2/c1(5-3-8-5)7-2-6-4-9-6;7-5-2-1-3-6(8)4-5/h5-6H,1-4H2;1-4,7-8H. The highest BCUT2D eigenvalue weighted by molar-refractivity contribution is 5.30.